The first-order valence-corrected chi connectivity index (χ1v) is 10.6. The lowest BCUT2D eigenvalue weighted by molar-refractivity contribution is -0.148. The molecule has 0 bridgehead atoms. The van der Waals surface area contributed by atoms with Gasteiger partial charge < -0.3 is 4.74 Å². The fourth-order valence-electron chi connectivity index (χ4n) is 3.40. The van der Waals surface area contributed by atoms with E-state index in [1.54, 1.807) is 19.3 Å². The normalized spacial score (nSPS) is 11.0. The predicted molar refractivity (Wildman–Crippen MR) is 129 cm³/mol. The number of ether oxygens (including phenoxy) is 1. The summed E-state index contributed by atoms with van der Waals surface area (Å²) < 4.78 is 6.14. The van der Waals surface area contributed by atoms with Crippen molar-refractivity contribution in [1.29, 1.82) is 0 Å². The number of allylic oxidation sites excluding steroid dienone is 1. The zero-order valence-corrected chi connectivity index (χ0v) is 18.4. The van der Waals surface area contributed by atoms with Gasteiger partial charge in [0.15, 0.2) is 5.60 Å². The van der Waals surface area contributed by atoms with E-state index in [-0.39, 0.29) is 5.57 Å². The highest BCUT2D eigenvalue weighted by Gasteiger charge is 2.40. The Labute approximate surface area is 194 Å². The maximum Gasteiger partial charge on any atom is 0.335 e. The number of aromatic nitrogens is 1. The summed E-state index contributed by atoms with van der Waals surface area (Å²) in [5.74, 6) is -0.543. The zero-order valence-electron chi connectivity index (χ0n) is 18.4. The third-order valence-electron chi connectivity index (χ3n) is 4.99. The van der Waals surface area contributed by atoms with Gasteiger partial charge in [-0.25, -0.2) is 4.79 Å². The minimum atomic E-state index is -1.13. The van der Waals surface area contributed by atoms with Crippen molar-refractivity contribution < 1.29 is 14.3 Å². The maximum absolute atomic E-state index is 12.8. The molecule has 0 unspecified atom stereocenters. The van der Waals surface area contributed by atoms with Gasteiger partial charge in [0.05, 0.1) is 0 Å². The third-order valence-corrected chi connectivity index (χ3v) is 4.99. The average Bonchev–Trinajstić information content (AvgIpc) is 2.90. The second-order valence-electron chi connectivity index (χ2n) is 7.18. The first kappa shape index (κ1) is 23.4. The lowest BCUT2D eigenvalue weighted by Crippen LogP contribution is -2.35. The van der Waals surface area contributed by atoms with E-state index in [1.165, 1.54) is 6.08 Å². The van der Waals surface area contributed by atoms with E-state index in [0.29, 0.717) is 6.29 Å². The Balaban J connectivity index is 0.000000442. The van der Waals surface area contributed by atoms with Gasteiger partial charge in [0.25, 0.3) is 0 Å². The Morgan fingerprint density at radius 3 is 1.39 bits per heavy atom. The number of pyridine rings is 1. The van der Waals surface area contributed by atoms with Crippen molar-refractivity contribution in [2.75, 3.05) is 0 Å². The van der Waals surface area contributed by atoms with E-state index in [0.717, 1.165) is 16.7 Å². The number of hydrogen-bond donors (Lipinski definition) is 0. The summed E-state index contributed by atoms with van der Waals surface area (Å²) in [6.45, 7) is 1.57. The summed E-state index contributed by atoms with van der Waals surface area (Å²) in [4.78, 5) is 27.4. The van der Waals surface area contributed by atoms with Crippen LogP contribution in [-0.4, -0.2) is 17.2 Å². The number of carbonyl (C=O) groups is 2. The van der Waals surface area contributed by atoms with E-state index >= 15 is 0 Å². The second-order valence-corrected chi connectivity index (χ2v) is 7.18. The number of aldehydes is 1. The van der Waals surface area contributed by atoms with Gasteiger partial charge in [0.1, 0.15) is 6.29 Å². The molecule has 0 N–H and O–H groups in total. The highest BCUT2D eigenvalue weighted by atomic mass is 16.6. The Hall–Kier alpha value is -4.31. The van der Waals surface area contributed by atoms with E-state index in [4.69, 9.17) is 4.74 Å². The van der Waals surface area contributed by atoms with Crippen molar-refractivity contribution in [3.63, 3.8) is 0 Å². The van der Waals surface area contributed by atoms with Crippen LogP contribution in [0, 0.1) is 0 Å². The van der Waals surface area contributed by atoms with Crippen LogP contribution in [0.1, 0.15) is 23.6 Å². The number of nitrogens with zero attached hydrogens (tertiary/aromatic N) is 1. The van der Waals surface area contributed by atoms with Crippen molar-refractivity contribution in [2.45, 2.75) is 12.5 Å². The molecule has 4 rings (SSSR count). The van der Waals surface area contributed by atoms with Gasteiger partial charge in [-0.3, -0.25) is 9.78 Å². The maximum atomic E-state index is 12.8. The lowest BCUT2D eigenvalue weighted by Gasteiger charge is -2.35. The Kier molecular flexibility index (Phi) is 8.43. The first-order valence-electron chi connectivity index (χ1n) is 10.6. The highest BCUT2D eigenvalue weighted by molar-refractivity contribution is 5.92. The lowest BCUT2D eigenvalue weighted by atomic mass is 9.80. The summed E-state index contributed by atoms with van der Waals surface area (Å²) in [5.41, 5.74) is 1.61. The number of esters is 1. The van der Waals surface area contributed by atoms with E-state index in [9.17, 15) is 9.59 Å². The van der Waals surface area contributed by atoms with E-state index in [2.05, 4.69) is 4.98 Å². The van der Waals surface area contributed by atoms with Crippen molar-refractivity contribution in [3.8, 4) is 0 Å². The Morgan fingerprint density at radius 2 is 1.09 bits per heavy atom. The highest BCUT2D eigenvalue weighted by Crippen LogP contribution is 2.40. The monoisotopic (exact) mass is 435 g/mol. The predicted octanol–water partition coefficient (Wildman–Crippen LogP) is 5.75. The summed E-state index contributed by atoms with van der Waals surface area (Å²) in [6, 6.07) is 34.6. The molecule has 0 spiro atoms. The standard InChI is InChI=1S/C24H20O3.C5H5N/c1-19(17-18-25)23(26)27-24(20-11-5-2-6-12-20,21-13-7-3-8-14-21)22-15-9-4-10-16-22;1-2-4-6-5-3-1/h2-18H,1H3;1-5H. The van der Waals surface area contributed by atoms with Crippen LogP contribution >= 0.6 is 0 Å². The molecule has 4 heteroatoms. The van der Waals surface area contributed by atoms with Crippen LogP contribution in [0.25, 0.3) is 0 Å². The molecule has 4 aromatic rings. The molecule has 0 saturated carbocycles. The average molecular weight is 436 g/mol. The molecule has 33 heavy (non-hydrogen) atoms. The number of carbonyl (C=O) groups excluding carboxylic acids is 2. The van der Waals surface area contributed by atoms with Crippen LogP contribution in [0.3, 0.4) is 0 Å². The first-order chi connectivity index (χ1) is 16.2. The molecule has 0 aliphatic heterocycles. The Bertz CT molecular complexity index is 1040. The summed E-state index contributed by atoms with van der Waals surface area (Å²) in [7, 11) is 0. The molecule has 0 radical (unpaired) electrons. The van der Waals surface area contributed by atoms with E-state index in [1.807, 2.05) is 109 Å². The number of rotatable bonds is 6. The molecule has 0 fully saturated rings. The molecule has 4 nitrogen and oxygen atoms in total. The largest absolute Gasteiger partial charge is 0.441 e. The van der Waals surface area contributed by atoms with Crippen molar-refractivity contribution in [3.05, 3.63) is 150 Å². The van der Waals surface area contributed by atoms with Crippen molar-refractivity contribution in [1.82, 2.24) is 4.98 Å². The molecular formula is C29H25NO3. The van der Waals surface area contributed by atoms with Gasteiger partial charge in [0, 0.05) is 34.7 Å². The van der Waals surface area contributed by atoms with Gasteiger partial charge in [-0.15, -0.1) is 0 Å². The van der Waals surface area contributed by atoms with E-state index < -0.39 is 11.6 Å². The molecule has 0 saturated heterocycles. The topological polar surface area (TPSA) is 56.3 Å². The fraction of sp³-hybridized carbons (Fsp3) is 0.0690. The summed E-state index contributed by atoms with van der Waals surface area (Å²) in [5, 5.41) is 0. The molecular weight excluding hydrogens is 410 g/mol. The molecule has 1 aromatic heterocycles. The van der Waals surface area contributed by atoms with Gasteiger partial charge in [-0.2, -0.15) is 0 Å². The van der Waals surface area contributed by atoms with Gasteiger partial charge in [-0.05, 0) is 25.1 Å². The van der Waals surface area contributed by atoms with Crippen LogP contribution in [-0.2, 0) is 19.9 Å². The molecule has 0 aliphatic carbocycles. The van der Waals surface area contributed by atoms with Crippen LogP contribution in [0.2, 0.25) is 0 Å². The minimum Gasteiger partial charge on any atom is -0.441 e. The number of benzene rings is 3. The Morgan fingerprint density at radius 1 is 0.697 bits per heavy atom. The fourth-order valence-corrected chi connectivity index (χ4v) is 3.40. The smallest absolute Gasteiger partial charge is 0.335 e. The molecule has 0 amide bonds. The van der Waals surface area contributed by atoms with Crippen LogP contribution < -0.4 is 0 Å². The van der Waals surface area contributed by atoms with Crippen molar-refractivity contribution in [2.24, 2.45) is 0 Å². The molecule has 1 heterocycles. The molecule has 0 atom stereocenters. The summed E-state index contributed by atoms with van der Waals surface area (Å²) >= 11 is 0. The molecule has 3 aromatic carbocycles. The SMILES string of the molecule is CC(=CC=O)C(=O)OC(c1ccccc1)(c1ccccc1)c1ccccc1.c1ccncc1. The quantitative estimate of drug-likeness (QED) is 0.168. The van der Waals surface area contributed by atoms with Crippen LogP contribution in [0.15, 0.2) is 133 Å². The summed E-state index contributed by atoms with van der Waals surface area (Å²) in [6.07, 6.45) is 5.31. The van der Waals surface area contributed by atoms with Gasteiger partial charge >= 0.3 is 5.97 Å². The number of hydrogen-bond acceptors (Lipinski definition) is 4. The van der Waals surface area contributed by atoms with Crippen LogP contribution in [0.5, 0.6) is 0 Å². The second kappa shape index (κ2) is 11.9. The van der Waals surface area contributed by atoms with Gasteiger partial charge in [-0.1, -0.05) is 97.1 Å². The van der Waals surface area contributed by atoms with Crippen LogP contribution in [0.4, 0.5) is 0 Å². The van der Waals surface area contributed by atoms with Gasteiger partial charge in [0.2, 0.25) is 0 Å². The van der Waals surface area contributed by atoms with Crippen molar-refractivity contribution >= 4 is 12.3 Å². The molecule has 0 aliphatic rings. The zero-order chi connectivity index (χ0) is 23.4. The third kappa shape index (κ3) is 5.89. The minimum absolute atomic E-state index is 0.247. The molecule has 164 valence electrons.